The molecule has 1 aromatic carbocycles. The Morgan fingerprint density at radius 1 is 1.44 bits per heavy atom. The van der Waals surface area contributed by atoms with Gasteiger partial charge in [0.25, 0.3) is 0 Å². The Labute approximate surface area is 106 Å². The Bertz CT molecular complexity index is 328. The maximum atomic E-state index is 13.1. The van der Waals surface area contributed by atoms with Crippen LogP contribution in [-0.2, 0) is 6.42 Å². The molecule has 16 heavy (non-hydrogen) atoms. The topological polar surface area (TPSA) is 12.0 Å². The zero-order chi connectivity index (χ0) is 12.0. The number of rotatable bonds is 6. The largest absolute Gasteiger partial charge is 0.317 e. The molecule has 1 atom stereocenters. The molecule has 0 saturated heterocycles. The summed E-state index contributed by atoms with van der Waals surface area (Å²) in [6.45, 7) is 6.35. The van der Waals surface area contributed by atoms with Crippen molar-refractivity contribution in [1.82, 2.24) is 5.32 Å². The minimum absolute atomic E-state index is 0.155. The standard InChI is InChI=1S/C13H19BrFN/c1-3-16-7-6-10(2)8-11-9-12(15)4-5-13(11)14/h4-5,9-10,16H,3,6-8H2,1-2H3. The summed E-state index contributed by atoms with van der Waals surface area (Å²) in [5.41, 5.74) is 1.06. The summed E-state index contributed by atoms with van der Waals surface area (Å²) in [7, 11) is 0. The van der Waals surface area contributed by atoms with Crippen LogP contribution in [0.4, 0.5) is 4.39 Å². The van der Waals surface area contributed by atoms with Crippen LogP contribution in [-0.4, -0.2) is 13.1 Å². The molecule has 0 aromatic heterocycles. The highest BCUT2D eigenvalue weighted by Crippen LogP contribution is 2.21. The molecular weight excluding hydrogens is 269 g/mol. The van der Waals surface area contributed by atoms with Crippen LogP contribution in [0.25, 0.3) is 0 Å². The Morgan fingerprint density at radius 3 is 2.88 bits per heavy atom. The molecule has 0 spiro atoms. The van der Waals surface area contributed by atoms with Gasteiger partial charge in [0.05, 0.1) is 0 Å². The summed E-state index contributed by atoms with van der Waals surface area (Å²) in [5.74, 6) is 0.411. The zero-order valence-electron chi connectivity index (χ0n) is 9.89. The van der Waals surface area contributed by atoms with E-state index < -0.39 is 0 Å². The highest BCUT2D eigenvalue weighted by atomic mass is 79.9. The Balaban J connectivity index is 2.48. The van der Waals surface area contributed by atoms with Crippen LogP contribution in [0.3, 0.4) is 0 Å². The molecule has 1 N–H and O–H groups in total. The van der Waals surface area contributed by atoms with E-state index >= 15 is 0 Å². The Kier molecular flexibility index (Phi) is 5.99. The summed E-state index contributed by atoms with van der Waals surface area (Å²) >= 11 is 3.46. The molecule has 0 saturated carbocycles. The van der Waals surface area contributed by atoms with Crippen molar-refractivity contribution in [3.05, 3.63) is 34.1 Å². The number of nitrogens with one attached hydrogen (secondary N) is 1. The minimum atomic E-state index is -0.155. The first-order valence-electron chi connectivity index (χ1n) is 5.78. The van der Waals surface area contributed by atoms with Crippen molar-refractivity contribution in [3.63, 3.8) is 0 Å². The van der Waals surface area contributed by atoms with Crippen molar-refractivity contribution >= 4 is 15.9 Å². The summed E-state index contributed by atoms with van der Waals surface area (Å²) in [6.07, 6.45) is 2.04. The van der Waals surface area contributed by atoms with Gasteiger partial charge in [0.2, 0.25) is 0 Å². The van der Waals surface area contributed by atoms with Gasteiger partial charge in [-0.1, -0.05) is 29.8 Å². The summed E-state index contributed by atoms with van der Waals surface area (Å²) < 4.78 is 14.1. The highest BCUT2D eigenvalue weighted by molar-refractivity contribution is 9.10. The van der Waals surface area contributed by atoms with Gasteiger partial charge in [0, 0.05) is 4.47 Å². The molecule has 0 fully saturated rings. The zero-order valence-corrected chi connectivity index (χ0v) is 11.5. The average Bonchev–Trinajstić information content (AvgIpc) is 2.24. The van der Waals surface area contributed by atoms with Crippen LogP contribution in [0.1, 0.15) is 25.8 Å². The molecule has 1 unspecified atom stereocenters. The summed E-state index contributed by atoms with van der Waals surface area (Å²) in [6, 6.07) is 4.88. The van der Waals surface area contributed by atoms with Gasteiger partial charge in [-0.15, -0.1) is 0 Å². The van der Waals surface area contributed by atoms with E-state index in [1.807, 2.05) is 0 Å². The second-order valence-electron chi connectivity index (χ2n) is 4.19. The van der Waals surface area contributed by atoms with Gasteiger partial charge in [-0.3, -0.25) is 0 Å². The smallest absolute Gasteiger partial charge is 0.123 e. The first-order valence-corrected chi connectivity index (χ1v) is 6.57. The van der Waals surface area contributed by atoms with Crippen molar-refractivity contribution in [2.75, 3.05) is 13.1 Å². The maximum Gasteiger partial charge on any atom is 0.123 e. The fraction of sp³-hybridized carbons (Fsp3) is 0.538. The number of hydrogen-bond acceptors (Lipinski definition) is 1. The molecule has 0 aliphatic carbocycles. The Morgan fingerprint density at radius 2 is 2.19 bits per heavy atom. The second-order valence-corrected chi connectivity index (χ2v) is 5.04. The van der Waals surface area contributed by atoms with E-state index in [1.54, 1.807) is 12.1 Å². The molecule has 1 rings (SSSR count). The highest BCUT2D eigenvalue weighted by Gasteiger charge is 2.07. The van der Waals surface area contributed by atoms with E-state index in [0.29, 0.717) is 5.92 Å². The third kappa shape index (κ3) is 4.62. The first kappa shape index (κ1) is 13.7. The molecule has 1 aromatic rings. The molecule has 1 nitrogen and oxygen atoms in total. The fourth-order valence-corrected chi connectivity index (χ4v) is 2.11. The quantitative estimate of drug-likeness (QED) is 0.786. The first-order chi connectivity index (χ1) is 7.63. The van der Waals surface area contributed by atoms with E-state index in [-0.39, 0.29) is 5.82 Å². The van der Waals surface area contributed by atoms with Crippen LogP contribution < -0.4 is 5.32 Å². The average molecular weight is 288 g/mol. The molecule has 0 heterocycles. The van der Waals surface area contributed by atoms with E-state index in [4.69, 9.17) is 0 Å². The van der Waals surface area contributed by atoms with E-state index in [1.165, 1.54) is 6.07 Å². The van der Waals surface area contributed by atoms with E-state index in [9.17, 15) is 4.39 Å². The lowest BCUT2D eigenvalue weighted by Gasteiger charge is -2.13. The van der Waals surface area contributed by atoms with Crippen molar-refractivity contribution < 1.29 is 4.39 Å². The van der Waals surface area contributed by atoms with Gasteiger partial charge >= 0.3 is 0 Å². The van der Waals surface area contributed by atoms with E-state index in [0.717, 1.165) is 36.0 Å². The summed E-state index contributed by atoms with van der Waals surface area (Å²) in [4.78, 5) is 0. The molecule has 0 aliphatic heterocycles. The van der Waals surface area contributed by atoms with Crippen molar-refractivity contribution in [3.8, 4) is 0 Å². The van der Waals surface area contributed by atoms with Crippen LogP contribution in [0.15, 0.2) is 22.7 Å². The number of hydrogen-bond donors (Lipinski definition) is 1. The van der Waals surface area contributed by atoms with E-state index in [2.05, 4.69) is 35.1 Å². The SMILES string of the molecule is CCNCCC(C)Cc1cc(F)ccc1Br. The van der Waals surface area contributed by atoms with Crippen LogP contribution in [0, 0.1) is 11.7 Å². The lowest BCUT2D eigenvalue weighted by molar-refractivity contribution is 0.502. The Hall–Kier alpha value is -0.410. The molecule has 3 heteroatoms. The van der Waals surface area contributed by atoms with Crippen molar-refractivity contribution in [2.45, 2.75) is 26.7 Å². The molecule has 0 radical (unpaired) electrons. The van der Waals surface area contributed by atoms with Gasteiger partial charge in [-0.2, -0.15) is 0 Å². The lowest BCUT2D eigenvalue weighted by Crippen LogP contribution is -2.17. The molecule has 90 valence electrons. The molecule has 0 aliphatic rings. The molecule has 0 amide bonds. The normalized spacial score (nSPS) is 12.8. The van der Waals surface area contributed by atoms with Gasteiger partial charge in [-0.25, -0.2) is 4.39 Å². The monoisotopic (exact) mass is 287 g/mol. The van der Waals surface area contributed by atoms with Gasteiger partial charge in [0.15, 0.2) is 0 Å². The summed E-state index contributed by atoms with van der Waals surface area (Å²) in [5, 5.41) is 3.31. The second kappa shape index (κ2) is 7.02. The predicted octanol–water partition coefficient (Wildman–Crippen LogP) is 3.77. The lowest BCUT2D eigenvalue weighted by atomic mass is 9.98. The van der Waals surface area contributed by atoms with Gasteiger partial charge in [-0.05, 0) is 55.6 Å². The number of benzene rings is 1. The maximum absolute atomic E-state index is 13.1. The van der Waals surface area contributed by atoms with Crippen LogP contribution >= 0.6 is 15.9 Å². The predicted molar refractivity (Wildman–Crippen MR) is 70.1 cm³/mol. The third-order valence-corrected chi connectivity index (χ3v) is 3.41. The van der Waals surface area contributed by atoms with Crippen molar-refractivity contribution in [2.24, 2.45) is 5.92 Å². The minimum Gasteiger partial charge on any atom is -0.317 e. The molecular formula is C13H19BrFN. The van der Waals surface area contributed by atoms with Crippen molar-refractivity contribution in [1.29, 1.82) is 0 Å². The third-order valence-electron chi connectivity index (χ3n) is 2.64. The fourth-order valence-electron chi connectivity index (χ4n) is 1.70. The van der Waals surface area contributed by atoms with Crippen LogP contribution in [0.2, 0.25) is 0 Å². The molecule has 0 bridgehead atoms. The van der Waals surface area contributed by atoms with Crippen LogP contribution in [0.5, 0.6) is 0 Å². The van der Waals surface area contributed by atoms with Gasteiger partial charge < -0.3 is 5.32 Å². The number of halogens is 2. The van der Waals surface area contributed by atoms with Gasteiger partial charge in [0.1, 0.15) is 5.82 Å².